The van der Waals surface area contributed by atoms with Gasteiger partial charge in [-0.05, 0) is 13.3 Å². The van der Waals surface area contributed by atoms with Crippen LogP contribution in [0.3, 0.4) is 0 Å². The number of carbonyl (C=O) groups is 1. The van der Waals surface area contributed by atoms with Crippen molar-refractivity contribution in [3.8, 4) is 5.88 Å². The average Bonchev–Trinajstić information content (AvgIpc) is 2.70. The standard InChI is InChI=1S/C12H21N3O2/c1-5-7-14(10(3)16)9-11-8-12(17-4)15(6-2)13-11/h8H,5-7,9H2,1-4H3. The van der Waals surface area contributed by atoms with E-state index in [1.54, 1.807) is 23.6 Å². The highest BCUT2D eigenvalue weighted by atomic mass is 16.5. The maximum atomic E-state index is 11.4. The van der Waals surface area contributed by atoms with Gasteiger partial charge >= 0.3 is 0 Å². The Hall–Kier alpha value is -1.52. The Morgan fingerprint density at radius 3 is 2.65 bits per heavy atom. The Labute approximate surface area is 102 Å². The van der Waals surface area contributed by atoms with Gasteiger partial charge < -0.3 is 9.64 Å². The number of nitrogens with zero attached hydrogens (tertiary/aromatic N) is 3. The summed E-state index contributed by atoms with van der Waals surface area (Å²) in [5.74, 6) is 0.819. The molecule has 0 aliphatic heterocycles. The van der Waals surface area contributed by atoms with E-state index in [4.69, 9.17) is 4.74 Å². The maximum Gasteiger partial charge on any atom is 0.219 e. The largest absolute Gasteiger partial charge is 0.481 e. The Kier molecular flexibility index (Phi) is 5.00. The van der Waals surface area contributed by atoms with Crippen LogP contribution in [0.15, 0.2) is 6.07 Å². The lowest BCUT2D eigenvalue weighted by atomic mass is 10.3. The van der Waals surface area contributed by atoms with Crippen molar-refractivity contribution >= 4 is 5.91 Å². The van der Waals surface area contributed by atoms with Gasteiger partial charge in [0.25, 0.3) is 0 Å². The fraction of sp³-hybridized carbons (Fsp3) is 0.667. The third kappa shape index (κ3) is 3.47. The van der Waals surface area contributed by atoms with Crippen molar-refractivity contribution in [3.05, 3.63) is 11.8 Å². The number of carbonyl (C=O) groups excluding carboxylic acids is 1. The number of rotatable bonds is 6. The molecule has 96 valence electrons. The normalized spacial score (nSPS) is 10.4. The summed E-state index contributed by atoms with van der Waals surface area (Å²) < 4.78 is 7.01. The minimum Gasteiger partial charge on any atom is -0.481 e. The first-order valence-electron chi connectivity index (χ1n) is 5.98. The van der Waals surface area contributed by atoms with E-state index in [2.05, 4.69) is 12.0 Å². The third-order valence-corrected chi connectivity index (χ3v) is 2.59. The van der Waals surface area contributed by atoms with E-state index in [9.17, 15) is 4.79 Å². The number of aryl methyl sites for hydroxylation is 1. The van der Waals surface area contributed by atoms with Gasteiger partial charge in [-0.2, -0.15) is 5.10 Å². The molecule has 0 fully saturated rings. The molecule has 0 aromatic carbocycles. The lowest BCUT2D eigenvalue weighted by Gasteiger charge is -2.18. The minimum atomic E-state index is 0.0804. The number of hydrogen-bond acceptors (Lipinski definition) is 3. The SMILES string of the molecule is CCCN(Cc1cc(OC)n(CC)n1)C(C)=O. The zero-order chi connectivity index (χ0) is 12.8. The molecule has 0 aliphatic carbocycles. The quantitative estimate of drug-likeness (QED) is 0.758. The Morgan fingerprint density at radius 1 is 1.53 bits per heavy atom. The topological polar surface area (TPSA) is 47.4 Å². The van der Waals surface area contributed by atoms with Crippen LogP contribution >= 0.6 is 0 Å². The first kappa shape index (κ1) is 13.5. The molecule has 0 bridgehead atoms. The van der Waals surface area contributed by atoms with Gasteiger partial charge in [-0.1, -0.05) is 6.92 Å². The molecule has 0 aliphatic rings. The first-order chi connectivity index (χ1) is 8.12. The minimum absolute atomic E-state index is 0.0804. The molecule has 1 amide bonds. The molecule has 0 N–H and O–H groups in total. The summed E-state index contributed by atoms with van der Waals surface area (Å²) in [6.45, 7) is 7.72. The summed E-state index contributed by atoms with van der Waals surface area (Å²) in [5, 5.41) is 4.40. The van der Waals surface area contributed by atoms with Gasteiger partial charge in [0.15, 0.2) is 0 Å². The first-order valence-corrected chi connectivity index (χ1v) is 5.98. The van der Waals surface area contributed by atoms with Gasteiger partial charge in [0.2, 0.25) is 11.8 Å². The highest BCUT2D eigenvalue weighted by Gasteiger charge is 2.12. The predicted octanol–water partition coefficient (Wildman–Crippen LogP) is 1.67. The second kappa shape index (κ2) is 6.27. The second-order valence-electron chi connectivity index (χ2n) is 3.93. The zero-order valence-corrected chi connectivity index (χ0v) is 11.1. The molecule has 0 unspecified atom stereocenters. The molecule has 17 heavy (non-hydrogen) atoms. The van der Waals surface area contributed by atoms with Crippen molar-refractivity contribution in [2.75, 3.05) is 13.7 Å². The average molecular weight is 239 g/mol. The van der Waals surface area contributed by atoms with E-state index in [0.29, 0.717) is 6.54 Å². The Balaban J connectivity index is 2.78. The molecule has 0 atom stereocenters. The number of hydrogen-bond donors (Lipinski definition) is 0. The fourth-order valence-corrected chi connectivity index (χ4v) is 1.73. The smallest absolute Gasteiger partial charge is 0.219 e. The van der Waals surface area contributed by atoms with Crippen molar-refractivity contribution in [2.45, 2.75) is 40.3 Å². The van der Waals surface area contributed by atoms with Crippen molar-refractivity contribution in [1.82, 2.24) is 14.7 Å². The molecule has 5 heteroatoms. The molecular weight excluding hydrogens is 218 g/mol. The number of aromatic nitrogens is 2. The van der Waals surface area contributed by atoms with Gasteiger partial charge in [-0.3, -0.25) is 4.79 Å². The number of amides is 1. The van der Waals surface area contributed by atoms with Crippen molar-refractivity contribution in [2.24, 2.45) is 0 Å². The van der Waals surface area contributed by atoms with E-state index in [0.717, 1.165) is 31.1 Å². The van der Waals surface area contributed by atoms with Gasteiger partial charge in [0, 0.05) is 26.1 Å². The number of ether oxygens (including phenoxy) is 1. The molecule has 0 spiro atoms. The molecule has 0 saturated heterocycles. The highest BCUT2D eigenvalue weighted by Crippen LogP contribution is 2.14. The van der Waals surface area contributed by atoms with Gasteiger partial charge in [0.1, 0.15) is 0 Å². The molecule has 1 rings (SSSR count). The van der Waals surface area contributed by atoms with Crippen LogP contribution in [0.1, 0.15) is 32.9 Å². The van der Waals surface area contributed by atoms with Crippen molar-refractivity contribution in [3.63, 3.8) is 0 Å². The monoisotopic (exact) mass is 239 g/mol. The molecule has 1 heterocycles. The van der Waals surface area contributed by atoms with Crippen LogP contribution in [0.2, 0.25) is 0 Å². The molecule has 0 saturated carbocycles. The lowest BCUT2D eigenvalue weighted by molar-refractivity contribution is -0.129. The Morgan fingerprint density at radius 2 is 2.24 bits per heavy atom. The maximum absolute atomic E-state index is 11.4. The van der Waals surface area contributed by atoms with Crippen LogP contribution in [0.5, 0.6) is 5.88 Å². The summed E-state index contributed by atoms with van der Waals surface area (Å²) in [4.78, 5) is 13.2. The fourth-order valence-electron chi connectivity index (χ4n) is 1.73. The molecule has 1 aromatic heterocycles. The Bertz CT molecular complexity index is 352. The van der Waals surface area contributed by atoms with Crippen LogP contribution in [0, 0.1) is 0 Å². The summed E-state index contributed by atoms with van der Waals surface area (Å²) in [6, 6.07) is 1.88. The van der Waals surface area contributed by atoms with E-state index in [-0.39, 0.29) is 5.91 Å². The van der Waals surface area contributed by atoms with E-state index >= 15 is 0 Å². The van der Waals surface area contributed by atoms with Gasteiger partial charge in [-0.15, -0.1) is 0 Å². The van der Waals surface area contributed by atoms with Crippen LogP contribution in [-0.2, 0) is 17.9 Å². The van der Waals surface area contributed by atoms with Crippen molar-refractivity contribution in [1.29, 1.82) is 0 Å². The number of methoxy groups -OCH3 is 1. The second-order valence-corrected chi connectivity index (χ2v) is 3.93. The van der Waals surface area contributed by atoms with Gasteiger partial charge in [0.05, 0.1) is 19.3 Å². The molecule has 1 aromatic rings. The van der Waals surface area contributed by atoms with E-state index < -0.39 is 0 Å². The molecular formula is C12H21N3O2. The van der Waals surface area contributed by atoms with Crippen LogP contribution in [0.25, 0.3) is 0 Å². The van der Waals surface area contributed by atoms with Crippen LogP contribution < -0.4 is 4.74 Å². The summed E-state index contributed by atoms with van der Waals surface area (Å²) in [5.41, 5.74) is 0.868. The van der Waals surface area contributed by atoms with Gasteiger partial charge in [-0.25, -0.2) is 4.68 Å². The molecule has 0 radical (unpaired) electrons. The predicted molar refractivity (Wildman–Crippen MR) is 65.8 cm³/mol. The summed E-state index contributed by atoms with van der Waals surface area (Å²) in [7, 11) is 1.63. The van der Waals surface area contributed by atoms with Crippen molar-refractivity contribution < 1.29 is 9.53 Å². The van der Waals surface area contributed by atoms with E-state index in [1.807, 2.05) is 13.0 Å². The van der Waals surface area contributed by atoms with Crippen LogP contribution in [-0.4, -0.2) is 34.2 Å². The van der Waals surface area contributed by atoms with E-state index in [1.165, 1.54) is 0 Å². The zero-order valence-electron chi connectivity index (χ0n) is 11.1. The summed E-state index contributed by atoms with van der Waals surface area (Å²) in [6.07, 6.45) is 0.950. The highest BCUT2D eigenvalue weighted by molar-refractivity contribution is 5.73. The summed E-state index contributed by atoms with van der Waals surface area (Å²) >= 11 is 0. The molecule has 5 nitrogen and oxygen atoms in total. The third-order valence-electron chi connectivity index (χ3n) is 2.59. The lowest BCUT2D eigenvalue weighted by Crippen LogP contribution is -2.29. The van der Waals surface area contributed by atoms with Crippen LogP contribution in [0.4, 0.5) is 0 Å².